The molecule has 2 aliphatic heterocycles. The predicted octanol–water partition coefficient (Wildman–Crippen LogP) is 3.19. The third-order valence-electron chi connectivity index (χ3n) is 5.47. The van der Waals surface area contributed by atoms with Crippen LogP contribution in [-0.4, -0.2) is 43.7 Å². The molecule has 9 heteroatoms. The number of thiazole rings is 1. The van der Waals surface area contributed by atoms with Gasteiger partial charge in [0.1, 0.15) is 0 Å². The molecule has 2 aliphatic rings. The van der Waals surface area contributed by atoms with E-state index in [0.29, 0.717) is 11.6 Å². The summed E-state index contributed by atoms with van der Waals surface area (Å²) in [6, 6.07) is 13.4. The molecule has 0 bridgehead atoms. The fourth-order valence-electron chi connectivity index (χ4n) is 3.84. The molecule has 30 heavy (non-hydrogen) atoms. The Morgan fingerprint density at radius 3 is 2.80 bits per heavy atom. The quantitative estimate of drug-likeness (QED) is 0.574. The van der Waals surface area contributed by atoms with Crippen molar-refractivity contribution in [1.82, 2.24) is 15.8 Å². The molecule has 156 valence electrons. The maximum Gasteiger partial charge on any atom is 0.230 e. The summed E-state index contributed by atoms with van der Waals surface area (Å²) in [4.78, 5) is 20.0. The summed E-state index contributed by atoms with van der Waals surface area (Å²) in [7, 11) is 0. The Labute approximate surface area is 183 Å². The van der Waals surface area contributed by atoms with E-state index in [0.717, 1.165) is 52.9 Å². The third kappa shape index (κ3) is 4.01. The summed E-state index contributed by atoms with van der Waals surface area (Å²) in [6.45, 7) is 3.74. The van der Waals surface area contributed by atoms with Crippen molar-refractivity contribution in [3.63, 3.8) is 0 Å². The Balaban J connectivity index is 1.31. The lowest BCUT2D eigenvalue weighted by Crippen LogP contribution is -2.36. The molecular formula is C21H22ClN5O2S. The maximum atomic E-state index is 13.0. The highest BCUT2D eigenvalue weighted by molar-refractivity contribution is 7.22. The summed E-state index contributed by atoms with van der Waals surface area (Å²) in [5.41, 5.74) is 9.06. The first-order valence-corrected chi connectivity index (χ1v) is 11.1. The molecule has 7 nitrogen and oxygen atoms in total. The van der Waals surface area contributed by atoms with Crippen molar-refractivity contribution in [3.8, 4) is 0 Å². The van der Waals surface area contributed by atoms with Gasteiger partial charge in [0.05, 0.1) is 35.4 Å². The maximum absolute atomic E-state index is 13.0. The number of hydrogen-bond donors (Lipinski definition) is 3. The molecule has 3 heterocycles. The van der Waals surface area contributed by atoms with E-state index in [1.54, 1.807) is 11.3 Å². The topological polar surface area (TPSA) is 78.5 Å². The summed E-state index contributed by atoms with van der Waals surface area (Å²) < 4.78 is 6.49. The number of amides is 1. The summed E-state index contributed by atoms with van der Waals surface area (Å²) in [5, 5.41) is 4.76. The van der Waals surface area contributed by atoms with Gasteiger partial charge in [-0.1, -0.05) is 35.1 Å². The van der Waals surface area contributed by atoms with E-state index in [1.165, 1.54) is 0 Å². The van der Waals surface area contributed by atoms with Crippen molar-refractivity contribution in [2.24, 2.45) is 5.92 Å². The van der Waals surface area contributed by atoms with Crippen LogP contribution in [0.4, 0.5) is 10.8 Å². The number of morpholine rings is 1. The Hall–Kier alpha value is -2.23. The van der Waals surface area contributed by atoms with E-state index in [2.05, 4.69) is 21.1 Å². The van der Waals surface area contributed by atoms with Gasteiger partial charge in [-0.25, -0.2) is 10.4 Å². The second-order valence-corrected chi connectivity index (χ2v) is 8.87. The van der Waals surface area contributed by atoms with Gasteiger partial charge in [0.2, 0.25) is 5.91 Å². The van der Waals surface area contributed by atoms with E-state index in [1.807, 2.05) is 42.5 Å². The van der Waals surface area contributed by atoms with Gasteiger partial charge in [-0.3, -0.25) is 10.2 Å². The minimum absolute atomic E-state index is 0.0234. The number of carbonyl (C=O) groups is 1. The van der Waals surface area contributed by atoms with Crippen molar-refractivity contribution < 1.29 is 9.53 Å². The van der Waals surface area contributed by atoms with E-state index >= 15 is 0 Å². The van der Waals surface area contributed by atoms with Crippen LogP contribution in [0.2, 0.25) is 5.02 Å². The number of nitrogens with one attached hydrogen (secondary N) is 3. The molecule has 3 aromatic rings. The molecule has 2 atom stereocenters. The summed E-state index contributed by atoms with van der Waals surface area (Å²) in [6.07, 6.45) is 0. The average molecular weight is 444 g/mol. The van der Waals surface area contributed by atoms with Crippen LogP contribution in [0.1, 0.15) is 11.6 Å². The molecule has 5 rings (SSSR count). The van der Waals surface area contributed by atoms with Gasteiger partial charge in [0.25, 0.3) is 0 Å². The fourth-order valence-corrected chi connectivity index (χ4v) is 5.02. The lowest BCUT2D eigenvalue weighted by atomic mass is 9.94. The van der Waals surface area contributed by atoms with Crippen LogP contribution in [0, 0.1) is 5.92 Å². The number of anilines is 2. The molecule has 2 fully saturated rings. The largest absolute Gasteiger partial charge is 0.378 e. The van der Waals surface area contributed by atoms with Gasteiger partial charge in [-0.2, -0.15) is 0 Å². The number of hydrazine groups is 1. The summed E-state index contributed by atoms with van der Waals surface area (Å²) >= 11 is 7.64. The van der Waals surface area contributed by atoms with Crippen LogP contribution >= 0.6 is 22.9 Å². The Morgan fingerprint density at radius 1 is 1.20 bits per heavy atom. The lowest BCUT2D eigenvalue weighted by molar-refractivity contribution is -0.119. The Kier molecular flexibility index (Phi) is 5.58. The number of hydrogen-bond acceptors (Lipinski definition) is 7. The van der Waals surface area contributed by atoms with Gasteiger partial charge >= 0.3 is 0 Å². The van der Waals surface area contributed by atoms with Gasteiger partial charge < -0.3 is 15.0 Å². The monoisotopic (exact) mass is 443 g/mol. The number of nitrogens with zero attached hydrogens (tertiary/aromatic N) is 2. The smallest absolute Gasteiger partial charge is 0.230 e. The summed E-state index contributed by atoms with van der Waals surface area (Å²) in [5.74, 6) is -0.253. The zero-order valence-corrected chi connectivity index (χ0v) is 17.8. The predicted molar refractivity (Wildman–Crippen MR) is 120 cm³/mol. The highest BCUT2D eigenvalue weighted by atomic mass is 35.5. The fraction of sp³-hybridized carbons (Fsp3) is 0.333. The van der Waals surface area contributed by atoms with Gasteiger partial charge in [-0.05, 0) is 35.9 Å². The SMILES string of the molecule is O=C(Nc1ccc2nc(N3CCOCC3)sc2c1)C1CNNC1c1ccc(Cl)cc1. The minimum Gasteiger partial charge on any atom is -0.378 e. The Morgan fingerprint density at radius 2 is 2.00 bits per heavy atom. The molecule has 1 aromatic heterocycles. The number of aromatic nitrogens is 1. The number of halogens is 1. The van der Waals surface area contributed by atoms with Crippen LogP contribution in [-0.2, 0) is 9.53 Å². The molecular weight excluding hydrogens is 422 g/mol. The molecule has 2 saturated heterocycles. The molecule has 0 saturated carbocycles. The van der Waals surface area contributed by atoms with Crippen LogP contribution in [0.15, 0.2) is 42.5 Å². The van der Waals surface area contributed by atoms with Crippen molar-refractivity contribution >= 4 is 49.9 Å². The van der Waals surface area contributed by atoms with Gasteiger partial charge in [0, 0.05) is 30.3 Å². The van der Waals surface area contributed by atoms with Crippen LogP contribution in [0.3, 0.4) is 0 Å². The molecule has 2 unspecified atom stereocenters. The highest BCUT2D eigenvalue weighted by Crippen LogP contribution is 2.32. The van der Waals surface area contributed by atoms with Crippen LogP contribution in [0.5, 0.6) is 0 Å². The molecule has 3 N–H and O–H groups in total. The number of benzene rings is 2. The second-order valence-electron chi connectivity index (χ2n) is 7.43. The third-order valence-corrected chi connectivity index (χ3v) is 6.81. The zero-order chi connectivity index (χ0) is 20.5. The first-order chi connectivity index (χ1) is 14.7. The normalized spacial score (nSPS) is 21.8. The van der Waals surface area contributed by atoms with E-state index in [9.17, 15) is 4.79 Å². The Bertz CT molecular complexity index is 1050. The van der Waals surface area contributed by atoms with Crippen molar-refractivity contribution in [2.75, 3.05) is 43.1 Å². The van der Waals surface area contributed by atoms with Gasteiger partial charge in [0.15, 0.2) is 5.13 Å². The first kappa shape index (κ1) is 19.7. The molecule has 0 radical (unpaired) electrons. The van der Waals surface area contributed by atoms with Crippen molar-refractivity contribution in [2.45, 2.75) is 6.04 Å². The minimum atomic E-state index is -0.229. The standard InChI is InChI=1S/C21H22ClN5O2S/c22-14-3-1-13(2-4-14)19-16(12-23-26-19)20(28)24-15-5-6-17-18(11-15)30-21(25-17)27-7-9-29-10-8-27/h1-6,11,16,19,23,26H,7-10,12H2,(H,24,28). The second kappa shape index (κ2) is 8.49. The number of rotatable bonds is 4. The highest BCUT2D eigenvalue weighted by Gasteiger charge is 2.34. The molecule has 2 aromatic carbocycles. The number of carbonyl (C=O) groups excluding carboxylic acids is 1. The lowest BCUT2D eigenvalue weighted by Gasteiger charge is -2.25. The van der Waals surface area contributed by atoms with Crippen LogP contribution < -0.4 is 21.1 Å². The van der Waals surface area contributed by atoms with E-state index in [4.69, 9.17) is 21.3 Å². The van der Waals surface area contributed by atoms with Crippen LogP contribution in [0.25, 0.3) is 10.2 Å². The van der Waals surface area contributed by atoms with E-state index < -0.39 is 0 Å². The van der Waals surface area contributed by atoms with Crippen molar-refractivity contribution in [1.29, 1.82) is 0 Å². The number of fused-ring (bicyclic) bond motifs is 1. The van der Waals surface area contributed by atoms with Gasteiger partial charge in [-0.15, -0.1) is 0 Å². The number of ether oxygens (including phenoxy) is 1. The molecule has 0 aliphatic carbocycles. The first-order valence-electron chi connectivity index (χ1n) is 9.95. The molecule has 0 spiro atoms. The zero-order valence-electron chi connectivity index (χ0n) is 16.2. The average Bonchev–Trinajstić information content (AvgIpc) is 3.42. The van der Waals surface area contributed by atoms with E-state index in [-0.39, 0.29) is 17.9 Å². The molecule has 1 amide bonds. The van der Waals surface area contributed by atoms with Crippen molar-refractivity contribution in [3.05, 3.63) is 53.1 Å².